The van der Waals surface area contributed by atoms with Crippen LogP contribution in [0.5, 0.6) is 23.0 Å². The summed E-state index contributed by atoms with van der Waals surface area (Å²) in [5.41, 5.74) is 7.81. The van der Waals surface area contributed by atoms with E-state index in [4.69, 9.17) is 18.9 Å². The second-order valence-electron chi connectivity index (χ2n) is 35.0. The fraction of sp³-hybridized carbons (Fsp3) is 0.0526. The SMILES string of the molecule is O=C1OC(=O)c2cc(Oc3ccc(CCN4C(=O)c5ccc6c7ccc8c9c(ccc(c%10ccc(c5c6%10)C4=O)c97)C(=O)N(C(c4ccccc4)c4ccccc4)C8=O)cc3)c3c4ccc5c6c(cc(Oc7ccc(CCN8C(=O)c9ccc%10c%11ccc%12c%13c(ccc(c%14ccc(c9c%10%14)C8=O)c%13%11)C(=O)N(C(c8ccccc8)c8ccccc8)C%12=O)cc7)c(c7ccc1c2c73)c64)C(=O)OC5=O. The van der Waals surface area contributed by atoms with Crippen LogP contribution < -0.4 is 9.47 Å². The molecule has 0 aliphatic carbocycles. The molecule has 6 aliphatic rings. The van der Waals surface area contributed by atoms with Crippen molar-refractivity contribution in [3.8, 4) is 23.0 Å². The number of hydrogen-bond acceptors (Lipinski definition) is 16. The topological polar surface area (TPSA) is 255 Å². The van der Waals surface area contributed by atoms with E-state index < -0.39 is 83.2 Å². The highest BCUT2D eigenvalue weighted by atomic mass is 16.6. The lowest BCUT2D eigenvalue weighted by molar-refractivity contribution is 0.0373. The average Bonchev–Trinajstić information content (AvgIpc) is 0.690. The molecule has 8 amide bonds. The minimum absolute atomic E-state index is 0.00369. The van der Waals surface area contributed by atoms with Gasteiger partial charge in [0.15, 0.2) is 0 Å². The Morgan fingerprint density at radius 3 is 0.709 bits per heavy atom. The van der Waals surface area contributed by atoms with Crippen molar-refractivity contribution < 1.29 is 76.5 Å². The fourth-order valence-corrected chi connectivity index (χ4v) is 22.5. The van der Waals surface area contributed by atoms with E-state index in [-0.39, 0.29) is 70.5 Å². The van der Waals surface area contributed by atoms with Crippen LogP contribution in [0.1, 0.15) is 170 Å². The van der Waals surface area contributed by atoms with Crippen molar-refractivity contribution in [3.63, 3.8) is 0 Å². The number of benzene rings is 21. The Kier molecular flexibility index (Phi) is 15.7. The number of nitrogens with zero attached hydrogens (tertiary/aromatic N) is 4. The zero-order chi connectivity index (χ0) is 90.0. The zero-order valence-electron chi connectivity index (χ0n) is 70.2. The molecule has 0 saturated heterocycles. The van der Waals surface area contributed by atoms with Crippen molar-refractivity contribution in [2.45, 2.75) is 24.9 Å². The molecule has 0 bridgehead atoms. The van der Waals surface area contributed by atoms with Crippen molar-refractivity contribution in [2.75, 3.05) is 13.1 Å². The van der Waals surface area contributed by atoms with E-state index >= 15 is 19.2 Å². The third-order valence-electron chi connectivity index (χ3n) is 28.3. The van der Waals surface area contributed by atoms with Crippen molar-refractivity contribution >= 4 is 200 Å². The van der Waals surface area contributed by atoms with Crippen LogP contribution in [-0.4, -0.2) is 104 Å². The predicted octanol–water partition coefficient (Wildman–Crippen LogP) is 22.5. The zero-order valence-corrected chi connectivity index (χ0v) is 70.2. The molecule has 27 rings (SSSR count). The molecule has 0 atom stereocenters. The van der Waals surface area contributed by atoms with Crippen LogP contribution in [0, 0.1) is 0 Å². The molecule has 0 aromatic heterocycles. The van der Waals surface area contributed by atoms with E-state index in [1.807, 2.05) is 170 Å². The highest BCUT2D eigenvalue weighted by Gasteiger charge is 2.45. The Morgan fingerprint density at radius 2 is 0.440 bits per heavy atom. The number of esters is 4. The number of carbonyl (C=O) groups is 12. The largest absolute Gasteiger partial charge is 0.457 e. The van der Waals surface area contributed by atoms with Crippen LogP contribution in [0.2, 0.25) is 0 Å². The van der Waals surface area contributed by atoms with E-state index in [2.05, 4.69) is 0 Å². The number of ether oxygens (including phenoxy) is 4. The molecule has 21 aromatic rings. The van der Waals surface area contributed by atoms with Gasteiger partial charge < -0.3 is 18.9 Å². The highest BCUT2D eigenvalue weighted by Crippen LogP contribution is 2.56. The molecule has 0 saturated carbocycles. The maximum absolute atomic E-state index is 15.0. The minimum atomic E-state index is -0.927. The van der Waals surface area contributed by atoms with Crippen molar-refractivity contribution in [3.05, 3.63) is 403 Å². The lowest BCUT2D eigenvalue weighted by Gasteiger charge is -2.35. The minimum Gasteiger partial charge on any atom is -0.457 e. The average molecular weight is 1740 g/mol. The summed E-state index contributed by atoms with van der Waals surface area (Å²) in [6.07, 6.45) is 0.472. The van der Waals surface area contributed by atoms with E-state index in [0.717, 1.165) is 98.0 Å². The van der Waals surface area contributed by atoms with Crippen LogP contribution in [-0.2, 0) is 22.3 Å². The molecule has 0 N–H and O–H groups in total. The van der Waals surface area contributed by atoms with Gasteiger partial charge in [-0.3, -0.25) is 58.0 Å². The molecule has 632 valence electrons. The van der Waals surface area contributed by atoms with E-state index in [0.29, 0.717) is 110 Å². The quantitative estimate of drug-likeness (QED) is 0.0286. The molecule has 0 fully saturated rings. The number of rotatable bonds is 16. The van der Waals surface area contributed by atoms with Gasteiger partial charge in [0.25, 0.3) is 47.3 Å². The first-order valence-electron chi connectivity index (χ1n) is 43.9. The monoisotopic (exact) mass is 1740 g/mol. The summed E-state index contributed by atoms with van der Waals surface area (Å²) in [4.78, 5) is 181. The smallest absolute Gasteiger partial charge is 0.346 e. The molecule has 20 nitrogen and oxygen atoms in total. The second-order valence-corrected chi connectivity index (χ2v) is 35.0. The number of carbonyl (C=O) groups excluding carboxylic acids is 12. The second kappa shape index (κ2) is 27.7. The van der Waals surface area contributed by atoms with Crippen LogP contribution in [0.3, 0.4) is 0 Å². The number of hydrogen-bond donors (Lipinski definition) is 0. The van der Waals surface area contributed by atoms with Gasteiger partial charge in [-0.1, -0.05) is 206 Å². The molecule has 134 heavy (non-hydrogen) atoms. The summed E-state index contributed by atoms with van der Waals surface area (Å²) in [6.45, 7) is 0.00739. The van der Waals surface area contributed by atoms with Gasteiger partial charge in [-0.05, 0) is 219 Å². The van der Waals surface area contributed by atoms with Crippen molar-refractivity contribution in [1.82, 2.24) is 19.6 Å². The first-order chi connectivity index (χ1) is 65.5. The number of imide groups is 4. The molecule has 6 heterocycles. The lowest BCUT2D eigenvalue weighted by atomic mass is 9.81. The van der Waals surface area contributed by atoms with Gasteiger partial charge in [0.1, 0.15) is 23.0 Å². The summed E-state index contributed by atoms with van der Waals surface area (Å²) < 4.78 is 24.5. The number of cyclic esters (lactones) is 4. The summed E-state index contributed by atoms with van der Waals surface area (Å²) in [5.74, 6) is -6.28. The van der Waals surface area contributed by atoms with E-state index in [9.17, 15) is 38.4 Å². The third-order valence-corrected chi connectivity index (χ3v) is 28.3. The molecule has 6 aliphatic heterocycles. The molecule has 0 radical (unpaired) electrons. The van der Waals surface area contributed by atoms with Gasteiger partial charge >= 0.3 is 23.9 Å². The van der Waals surface area contributed by atoms with Gasteiger partial charge in [0.05, 0.1) is 34.3 Å². The van der Waals surface area contributed by atoms with Crippen molar-refractivity contribution in [2.24, 2.45) is 0 Å². The molecular formula is C114H60N4O16. The maximum atomic E-state index is 15.0. The van der Waals surface area contributed by atoms with Crippen molar-refractivity contribution in [1.29, 1.82) is 0 Å². The molecular weight excluding hydrogens is 1680 g/mol. The number of amides is 8. The van der Waals surface area contributed by atoms with Crippen LogP contribution in [0.15, 0.2) is 303 Å². The molecule has 20 heteroatoms. The standard InChI is InChI=1S/C114H60N4O16/c119-103-73-39-29-63-67-33-43-77-93-78(108(124)117(107(77)123)101(57-13-5-1-6-14-57)58-15-7-2-8-16-58)44-34-68(89(67)93)64-30-40-74(91(73)87(63)64)104(120)115(103)51-49-55-21-25-61(26-22-55)131-85-53-83-95-81(111(127)133-113(83)129)48-38-72-98-86(54-84-96-82(112(128)134-114(84)130)47-37-71(100(96)98)97(85)99(72)95)132-62-27-23-56(24-28-62)50-52-116-105(121)75-41-31-65-69-35-45-79-94-80(46-36-70(90(69)94)66-32-42-76(106(116)122)92(75)88(65)66)110(126)118(109(79)125)102(59-17-9-3-10-18-59)60-19-11-4-12-20-60/h1-48,53-54,101-102H,49-52H2. The summed E-state index contributed by atoms with van der Waals surface area (Å²) >= 11 is 0. The lowest BCUT2D eigenvalue weighted by Crippen LogP contribution is -2.43. The predicted molar refractivity (Wildman–Crippen MR) is 504 cm³/mol. The highest BCUT2D eigenvalue weighted by molar-refractivity contribution is 6.46. The van der Waals surface area contributed by atoms with Crippen LogP contribution >= 0.6 is 0 Å². The van der Waals surface area contributed by atoms with Crippen LogP contribution in [0.25, 0.3) is 129 Å². The molecule has 0 spiro atoms. The summed E-state index contributed by atoms with van der Waals surface area (Å²) in [5, 5.41) is 14.3. The third kappa shape index (κ3) is 10.4. The fourth-order valence-electron chi connectivity index (χ4n) is 22.5. The van der Waals surface area contributed by atoms with Gasteiger partial charge in [0.2, 0.25) is 0 Å². The first kappa shape index (κ1) is 76.0. The van der Waals surface area contributed by atoms with Gasteiger partial charge in [0, 0.05) is 111 Å². The van der Waals surface area contributed by atoms with E-state index in [1.54, 1.807) is 121 Å². The molecule has 21 aromatic carbocycles. The Balaban J connectivity index is 0.472. The number of fused-ring (bicyclic) bond motifs is 6. The van der Waals surface area contributed by atoms with Gasteiger partial charge in [-0.2, -0.15) is 0 Å². The van der Waals surface area contributed by atoms with Crippen LogP contribution in [0.4, 0.5) is 0 Å². The Hall–Kier alpha value is -18.0. The summed E-state index contributed by atoms with van der Waals surface area (Å²) in [7, 11) is 0. The van der Waals surface area contributed by atoms with Gasteiger partial charge in [-0.15, -0.1) is 0 Å². The van der Waals surface area contributed by atoms with Gasteiger partial charge in [-0.25, -0.2) is 19.2 Å². The summed E-state index contributed by atoms with van der Waals surface area (Å²) in [6, 6.07) is 89.4. The maximum Gasteiger partial charge on any atom is 0.346 e. The Morgan fingerprint density at radius 1 is 0.209 bits per heavy atom. The van der Waals surface area contributed by atoms with E-state index in [1.165, 1.54) is 31.7 Å². The molecule has 0 unspecified atom stereocenters. The first-order valence-corrected chi connectivity index (χ1v) is 43.9. The Labute approximate surface area is 756 Å². The normalized spacial score (nSPS) is 14.8. The Bertz CT molecular complexity index is 8310.